The van der Waals surface area contributed by atoms with Gasteiger partial charge in [-0.25, -0.2) is 0 Å². The van der Waals surface area contributed by atoms with Gasteiger partial charge in [0.2, 0.25) is 0 Å². The smallest absolute Gasteiger partial charge is 0.261 e. The Bertz CT molecular complexity index is 1230. The largest absolute Gasteiger partial charge is 0.497 e. The van der Waals surface area contributed by atoms with E-state index in [1.54, 1.807) is 7.11 Å². The Balaban J connectivity index is 1.45. The Hall–Kier alpha value is -2.96. The predicted molar refractivity (Wildman–Crippen MR) is 176 cm³/mol. The number of ether oxygens (including phenoxy) is 3. The lowest BCUT2D eigenvalue weighted by molar-refractivity contribution is -0.0217. The lowest BCUT2D eigenvalue weighted by Crippen LogP contribution is -2.67. The number of rotatable bonds is 14. The van der Waals surface area contributed by atoms with E-state index in [1.807, 2.05) is 24.3 Å². The van der Waals surface area contributed by atoms with E-state index in [9.17, 15) is 0 Å². The van der Waals surface area contributed by atoms with Crippen molar-refractivity contribution in [2.24, 2.45) is 0 Å². The van der Waals surface area contributed by atoms with Gasteiger partial charge < -0.3 is 18.6 Å². The van der Waals surface area contributed by atoms with Gasteiger partial charge >= 0.3 is 0 Å². The average Bonchev–Trinajstić information content (AvgIpc) is 3.36. The van der Waals surface area contributed by atoms with Gasteiger partial charge in [-0.15, -0.1) is 0 Å². The minimum Gasteiger partial charge on any atom is -0.497 e. The van der Waals surface area contributed by atoms with E-state index in [0.29, 0.717) is 13.2 Å². The third-order valence-electron chi connectivity index (χ3n) is 8.18. The molecule has 0 radical (unpaired) electrons. The SMILES string of the molecule is C=C1C[C@H](COCc2ccc(OC)cc2)O[C@@H]1CC[C@@H](C/C=C/C)O[Si](c1ccccc1)(c1ccccc1)C(C)(C)C. The van der Waals surface area contributed by atoms with Gasteiger partial charge in [0, 0.05) is 6.10 Å². The molecule has 0 aromatic heterocycles. The van der Waals surface area contributed by atoms with Crippen molar-refractivity contribution < 1.29 is 18.6 Å². The maximum Gasteiger partial charge on any atom is 0.261 e. The van der Waals surface area contributed by atoms with E-state index < -0.39 is 8.32 Å². The summed E-state index contributed by atoms with van der Waals surface area (Å²) in [5.41, 5.74) is 2.28. The van der Waals surface area contributed by atoms with E-state index in [0.717, 1.165) is 42.6 Å². The molecule has 1 aliphatic heterocycles. The summed E-state index contributed by atoms with van der Waals surface area (Å²) in [4.78, 5) is 0. The molecule has 4 rings (SSSR count). The Labute approximate surface area is 254 Å². The summed E-state index contributed by atoms with van der Waals surface area (Å²) < 4.78 is 25.2. The summed E-state index contributed by atoms with van der Waals surface area (Å²) in [6, 6.07) is 29.8. The molecule has 42 heavy (non-hydrogen) atoms. The van der Waals surface area contributed by atoms with Crippen LogP contribution in [0.1, 0.15) is 58.9 Å². The Kier molecular flexibility index (Phi) is 11.4. The fourth-order valence-corrected chi connectivity index (χ4v) is 10.7. The van der Waals surface area contributed by atoms with Crippen molar-refractivity contribution in [2.75, 3.05) is 13.7 Å². The molecule has 5 heteroatoms. The molecule has 3 aromatic rings. The van der Waals surface area contributed by atoms with Crippen LogP contribution in [0.3, 0.4) is 0 Å². The van der Waals surface area contributed by atoms with Crippen LogP contribution >= 0.6 is 0 Å². The van der Waals surface area contributed by atoms with Gasteiger partial charge in [0.25, 0.3) is 8.32 Å². The lowest BCUT2D eigenvalue weighted by Gasteiger charge is -2.45. The molecule has 3 aromatic carbocycles. The van der Waals surface area contributed by atoms with Gasteiger partial charge in [0.1, 0.15) is 5.75 Å². The van der Waals surface area contributed by atoms with E-state index >= 15 is 0 Å². The molecule has 0 spiro atoms. The van der Waals surface area contributed by atoms with Crippen molar-refractivity contribution in [1.82, 2.24) is 0 Å². The summed E-state index contributed by atoms with van der Waals surface area (Å²) in [6.45, 7) is 14.6. The number of hydrogen-bond acceptors (Lipinski definition) is 4. The van der Waals surface area contributed by atoms with Crippen LogP contribution in [0.2, 0.25) is 5.04 Å². The van der Waals surface area contributed by atoms with Crippen molar-refractivity contribution in [3.8, 4) is 5.75 Å². The van der Waals surface area contributed by atoms with Crippen LogP contribution < -0.4 is 15.1 Å². The van der Waals surface area contributed by atoms with Crippen molar-refractivity contribution in [1.29, 1.82) is 0 Å². The summed E-state index contributed by atoms with van der Waals surface area (Å²) in [5, 5.41) is 2.55. The molecule has 1 heterocycles. The summed E-state index contributed by atoms with van der Waals surface area (Å²) in [6.07, 6.45) is 7.98. The highest BCUT2D eigenvalue weighted by Crippen LogP contribution is 2.39. The minimum atomic E-state index is -2.65. The third kappa shape index (κ3) is 7.90. The highest BCUT2D eigenvalue weighted by atomic mass is 28.4. The number of hydrogen-bond donors (Lipinski definition) is 0. The number of methoxy groups -OCH3 is 1. The molecule has 0 unspecified atom stereocenters. The van der Waals surface area contributed by atoms with Crippen molar-refractivity contribution in [2.45, 2.75) is 83.3 Å². The molecule has 0 amide bonds. The maximum atomic E-state index is 7.50. The molecule has 3 atom stereocenters. The zero-order valence-electron chi connectivity index (χ0n) is 26.1. The molecule has 1 aliphatic rings. The first-order valence-electron chi connectivity index (χ1n) is 15.2. The van der Waals surface area contributed by atoms with Crippen LogP contribution in [-0.4, -0.2) is 40.3 Å². The third-order valence-corrected chi connectivity index (χ3v) is 13.3. The number of benzene rings is 3. The van der Waals surface area contributed by atoms with Crippen LogP contribution in [0.15, 0.2) is 109 Å². The van der Waals surface area contributed by atoms with Crippen LogP contribution in [0, 0.1) is 0 Å². The molecule has 1 fully saturated rings. The first-order valence-corrected chi connectivity index (χ1v) is 17.1. The second kappa shape index (κ2) is 15.0. The monoisotopic (exact) mass is 584 g/mol. The summed E-state index contributed by atoms with van der Waals surface area (Å²) in [7, 11) is -0.974. The Morgan fingerprint density at radius 3 is 2.12 bits per heavy atom. The molecular formula is C37H48O4Si. The van der Waals surface area contributed by atoms with Gasteiger partial charge in [-0.1, -0.05) is 112 Å². The Morgan fingerprint density at radius 1 is 0.952 bits per heavy atom. The molecule has 0 aliphatic carbocycles. The zero-order valence-corrected chi connectivity index (χ0v) is 27.1. The molecule has 0 N–H and O–H groups in total. The second-order valence-corrected chi connectivity index (χ2v) is 16.5. The molecule has 0 bridgehead atoms. The fraction of sp³-hybridized carbons (Fsp3) is 0.405. The van der Waals surface area contributed by atoms with Gasteiger partial charge in [0.05, 0.1) is 32.5 Å². The van der Waals surface area contributed by atoms with E-state index in [-0.39, 0.29) is 23.4 Å². The molecule has 224 valence electrons. The predicted octanol–water partition coefficient (Wildman–Crippen LogP) is 7.62. The quantitative estimate of drug-likeness (QED) is 0.144. The minimum absolute atomic E-state index is 0.0236. The molecular weight excluding hydrogens is 536 g/mol. The fourth-order valence-electron chi connectivity index (χ4n) is 5.99. The van der Waals surface area contributed by atoms with Gasteiger partial charge in [0.15, 0.2) is 0 Å². The second-order valence-electron chi connectivity index (χ2n) is 12.3. The highest BCUT2D eigenvalue weighted by Gasteiger charge is 2.51. The van der Waals surface area contributed by atoms with Crippen molar-refractivity contribution in [3.63, 3.8) is 0 Å². The molecule has 4 nitrogen and oxygen atoms in total. The zero-order chi connectivity index (χ0) is 30.0. The van der Waals surface area contributed by atoms with E-state index in [4.69, 9.17) is 18.6 Å². The Morgan fingerprint density at radius 2 is 1.57 bits per heavy atom. The normalized spacial score (nSPS) is 18.5. The van der Waals surface area contributed by atoms with Crippen LogP contribution in [0.5, 0.6) is 5.75 Å². The summed E-state index contributed by atoms with van der Waals surface area (Å²) in [5.74, 6) is 0.851. The van der Waals surface area contributed by atoms with E-state index in [2.05, 4.69) is 107 Å². The first-order chi connectivity index (χ1) is 20.3. The summed E-state index contributed by atoms with van der Waals surface area (Å²) >= 11 is 0. The van der Waals surface area contributed by atoms with Gasteiger partial charge in [-0.3, -0.25) is 0 Å². The van der Waals surface area contributed by atoms with Gasteiger partial charge in [-0.05, 0) is 71.3 Å². The highest BCUT2D eigenvalue weighted by molar-refractivity contribution is 6.99. The number of allylic oxidation sites excluding steroid dienone is 1. The van der Waals surface area contributed by atoms with Gasteiger partial charge in [-0.2, -0.15) is 0 Å². The lowest BCUT2D eigenvalue weighted by atomic mass is 10.0. The average molecular weight is 585 g/mol. The first kappa shape index (κ1) is 32.0. The van der Waals surface area contributed by atoms with Crippen molar-refractivity contribution >= 4 is 18.7 Å². The molecule has 0 saturated carbocycles. The topological polar surface area (TPSA) is 36.9 Å². The van der Waals surface area contributed by atoms with Crippen LogP contribution in [0.4, 0.5) is 0 Å². The van der Waals surface area contributed by atoms with Crippen molar-refractivity contribution in [3.05, 3.63) is 115 Å². The van der Waals surface area contributed by atoms with Crippen LogP contribution in [-0.2, 0) is 20.5 Å². The molecule has 1 saturated heterocycles. The standard InChI is InChI=1S/C37H48O4Si/c1-7-8-15-32(41-42(37(3,4)5,34-16-11-9-12-17-34)35-18-13-10-14-19-35)24-25-36-29(2)26-33(40-36)28-39-27-30-20-22-31(38-6)23-21-30/h7-14,16-23,32-33,36H,2,15,24-28H2,1,3-6H3/b8-7+/t32-,33-,36-/m1/s1. The van der Waals surface area contributed by atoms with Crippen LogP contribution in [0.25, 0.3) is 0 Å². The van der Waals surface area contributed by atoms with E-state index in [1.165, 1.54) is 10.4 Å². The maximum absolute atomic E-state index is 7.50.